The summed E-state index contributed by atoms with van der Waals surface area (Å²) in [7, 11) is 0. The lowest BCUT2D eigenvalue weighted by molar-refractivity contribution is 0.667. The van der Waals surface area contributed by atoms with Crippen molar-refractivity contribution in [3.8, 4) is 22.4 Å². The summed E-state index contributed by atoms with van der Waals surface area (Å²) in [5.41, 5.74) is 10.5. The fourth-order valence-electron chi connectivity index (χ4n) is 4.80. The lowest BCUT2D eigenvalue weighted by Crippen LogP contribution is -2.07. The lowest BCUT2D eigenvalue weighted by atomic mass is 9.83. The summed E-state index contributed by atoms with van der Waals surface area (Å²) in [5, 5.41) is 1.24. The van der Waals surface area contributed by atoms with Gasteiger partial charge in [-0.15, -0.1) is 0 Å². The quantitative estimate of drug-likeness (QED) is 0.306. The summed E-state index contributed by atoms with van der Waals surface area (Å²) < 4.78 is 0. The molecule has 0 fully saturated rings. The van der Waals surface area contributed by atoms with E-state index in [1.165, 1.54) is 76.6 Å². The molecule has 0 radical (unpaired) electrons. The van der Waals surface area contributed by atoms with E-state index in [1.54, 1.807) is 0 Å². The number of nitrogens with zero attached hydrogens (tertiary/aromatic N) is 1. The van der Waals surface area contributed by atoms with E-state index in [9.17, 15) is 0 Å². The molecule has 1 aliphatic rings. The predicted molar refractivity (Wildman–Crippen MR) is 128 cm³/mol. The molecule has 1 aromatic heterocycles. The van der Waals surface area contributed by atoms with Crippen LogP contribution in [0.2, 0.25) is 0 Å². The second kappa shape index (κ2) is 8.44. The number of aromatic nitrogens is 1. The fraction of sp³-hybridized carbons (Fsp3) is 0.276. The number of hydrogen-bond donors (Lipinski definition) is 0. The molecule has 0 unspecified atom stereocenters. The topological polar surface area (TPSA) is 12.9 Å². The van der Waals surface area contributed by atoms with E-state index in [2.05, 4.69) is 79.7 Å². The van der Waals surface area contributed by atoms with E-state index in [0.717, 1.165) is 18.4 Å². The normalized spacial score (nSPS) is 12.6. The Morgan fingerprint density at radius 1 is 0.767 bits per heavy atom. The van der Waals surface area contributed by atoms with Gasteiger partial charge in [-0.05, 0) is 65.6 Å². The molecule has 0 bridgehead atoms. The third kappa shape index (κ3) is 3.65. The maximum atomic E-state index is 5.05. The van der Waals surface area contributed by atoms with Crippen molar-refractivity contribution in [1.29, 1.82) is 0 Å². The van der Waals surface area contributed by atoms with E-state index < -0.39 is 0 Å². The van der Waals surface area contributed by atoms with E-state index in [-0.39, 0.29) is 0 Å². The number of fused-ring (bicyclic) bond motifs is 4. The van der Waals surface area contributed by atoms with Gasteiger partial charge in [0.1, 0.15) is 0 Å². The highest BCUT2D eigenvalue weighted by Gasteiger charge is 2.21. The molecule has 0 saturated heterocycles. The molecule has 0 saturated carbocycles. The van der Waals surface area contributed by atoms with Gasteiger partial charge in [-0.3, -0.25) is 0 Å². The smallest absolute Gasteiger partial charge is 0.0744 e. The third-order valence-electron chi connectivity index (χ3n) is 6.46. The van der Waals surface area contributed by atoms with Gasteiger partial charge in [0.05, 0.1) is 11.2 Å². The highest BCUT2D eigenvalue weighted by Crippen LogP contribution is 2.39. The summed E-state index contributed by atoms with van der Waals surface area (Å²) in [6.45, 7) is 2.27. The predicted octanol–water partition coefficient (Wildman–Crippen LogP) is 7.79. The maximum Gasteiger partial charge on any atom is 0.0744 e. The minimum atomic E-state index is 1.06. The van der Waals surface area contributed by atoms with E-state index in [1.807, 2.05) is 0 Å². The van der Waals surface area contributed by atoms with Crippen LogP contribution < -0.4 is 0 Å². The molecule has 1 aliphatic carbocycles. The van der Waals surface area contributed by atoms with Crippen molar-refractivity contribution in [2.24, 2.45) is 0 Å². The Labute approximate surface area is 179 Å². The number of benzene rings is 3. The Morgan fingerprint density at radius 2 is 1.60 bits per heavy atom. The van der Waals surface area contributed by atoms with Crippen LogP contribution in [0.25, 0.3) is 33.3 Å². The Morgan fingerprint density at radius 3 is 2.47 bits per heavy atom. The van der Waals surface area contributed by atoms with E-state index in [4.69, 9.17) is 4.98 Å². The Kier molecular flexibility index (Phi) is 5.36. The average Bonchev–Trinajstić information content (AvgIpc) is 2.80. The Bertz CT molecular complexity index is 1170. The maximum absolute atomic E-state index is 5.05. The highest BCUT2D eigenvalue weighted by molar-refractivity contribution is 5.87. The molecule has 1 heteroatoms. The number of hydrogen-bond acceptors (Lipinski definition) is 1. The van der Waals surface area contributed by atoms with Crippen molar-refractivity contribution < 1.29 is 0 Å². The molecule has 150 valence electrons. The Balaban J connectivity index is 1.47. The number of para-hydroxylation sites is 1. The molecule has 30 heavy (non-hydrogen) atoms. The summed E-state index contributed by atoms with van der Waals surface area (Å²) in [4.78, 5) is 5.05. The van der Waals surface area contributed by atoms with Crippen LogP contribution >= 0.6 is 0 Å². The van der Waals surface area contributed by atoms with Crippen LogP contribution in [0.1, 0.15) is 49.3 Å². The van der Waals surface area contributed by atoms with Gasteiger partial charge in [-0.1, -0.05) is 86.8 Å². The zero-order valence-electron chi connectivity index (χ0n) is 17.8. The number of rotatable bonds is 6. The van der Waals surface area contributed by atoms with Gasteiger partial charge in [-0.2, -0.15) is 0 Å². The van der Waals surface area contributed by atoms with Crippen LogP contribution in [0.3, 0.4) is 0 Å². The van der Waals surface area contributed by atoms with Crippen molar-refractivity contribution in [2.75, 3.05) is 0 Å². The molecule has 3 aromatic carbocycles. The molecule has 0 atom stereocenters. The summed E-state index contributed by atoms with van der Waals surface area (Å²) >= 11 is 0. The van der Waals surface area contributed by atoms with Crippen molar-refractivity contribution in [1.82, 2.24) is 4.98 Å². The first-order chi connectivity index (χ1) is 14.8. The van der Waals surface area contributed by atoms with E-state index >= 15 is 0 Å². The lowest BCUT2D eigenvalue weighted by Gasteiger charge is -2.22. The van der Waals surface area contributed by atoms with Gasteiger partial charge in [0, 0.05) is 10.9 Å². The highest BCUT2D eigenvalue weighted by atomic mass is 14.7. The SMILES string of the molecule is CCCCCCc1ccc(-c2cccc3c2CCc2cc4ccccc4nc2-3)cc1. The second-order valence-electron chi connectivity index (χ2n) is 8.53. The fourth-order valence-corrected chi connectivity index (χ4v) is 4.80. The molecule has 0 amide bonds. The molecular weight excluding hydrogens is 362 g/mol. The summed E-state index contributed by atoms with van der Waals surface area (Å²) in [6, 6.07) is 26.8. The first-order valence-corrected chi connectivity index (χ1v) is 11.4. The van der Waals surface area contributed by atoms with Crippen molar-refractivity contribution >= 4 is 10.9 Å². The second-order valence-corrected chi connectivity index (χ2v) is 8.53. The monoisotopic (exact) mass is 391 g/mol. The first kappa shape index (κ1) is 19.1. The Hall–Kier alpha value is -2.93. The molecular formula is C29H29N. The van der Waals surface area contributed by atoms with Gasteiger partial charge in [0.15, 0.2) is 0 Å². The molecule has 5 rings (SSSR count). The molecule has 1 nitrogen and oxygen atoms in total. The molecule has 0 N–H and O–H groups in total. The summed E-state index contributed by atoms with van der Waals surface area (Å²) in [5.74, 6) is 0. The van der Waals surface area contributed by atoms with Crippen LogP contribution in [0.4, 0.5) is 0 Å². The number of unbranched alkanes of at least 4 members (excludes halogenated alkanes) is 3. The van der Waals surface area contributed by atoms with E-state index in [0.29, 0.717) is 0 Å². The average molecular weight is 392 g/mol. The van der Waals surface area contributed by atoms with Crippen LogP contribution in [-0.2, 0) is 19.3 Å². The van der Waals surface area contributed by atoms with Crippen molar-refractivity contribution in [2.45, 2.75) is 51.9 Å². The number of pyridine rings is 1. The molecule has 0 spiro atoms. The first-order valence-electron chi connectivity index (χ1n) is 11.4. The van der Waals surface area contributed by atoms with Crippen LogP contribution in [0.5, 0.6) is 0 Å². The van der Waals surface area contributed by atoms with Crippen LogP contribution in [0, 0.1) is 0 Å². The van der Waals surface area contributed by atoms with Gasteiger partial charge >= 0.3 is 0 Å². The van der Waals surface area contributed by atoms with Gasteiger partial charge < -0.3 is 0 Å². The minimum absolute atomic E-state index is 1.06. The van der Waals surface area contributed by atoms with Crippen molar-refractivity contribution in [3.05, 3.63) is 89.5 Å². The molecule has 4 aromatic rings. The standard InChI is InChI=1S/C29H29N/c1-2-3-4-5-9-21-14-16-22(17-15-21)25-11-8-12-27-26(25)19-18-24-20-23-10-6-7-13-28(23)30-29(24)27/h6-8,10-17,20H,2-5,9,18-19H2,1H3. The minimum Gasteiger partial charge on any atom is -0.247 e. The van der Waals surface area contributed by atoms with Crippen molar-refractivity contribution in [3.63, 3.8) is 0 Å². The number of aryl methyl sites for hydroxylation is 2. The van der Waals surface area contributed by atoms with Gasteiger partial charge in [-0.25, -0.2) is 4.98 Å². The molecule has 1 heterocycles. The van der Waals surface area contributed by atoms with Gasteiger partial charge in [0.25, 0.3) is 0 Å². The largest absolute Gasteiger partial charge is 0.247 e. The van der Waals surface area contributed by atoms with Gasteiger partial charge in [0.2, 0.25) is 0 Å². The summed E-state index contributed by atoms with van der Waals surface area (Å²) in [6.07, 6.45) is 8.61. The third-order valence-corrected chi connectivity index (χ3v) is 6.46. The van der Waals surface area contributed by atoms with Crippen LogP contribution in [-0.4, -0.2) is 4.98 Å². The zero-order chi connectivity index (χ0) is 20.3. The zero-order valence-corrected chi connectivity index (χ0v) is 17.8. The van der Waals surface area contributed by atoms with Crippen LogP contribution in [0.15, 0.2) is 72.8 Å². The molecule has 0 aliphatic heterocycles.